The van der Waals surface area contributed by atoms with Crippen molar-refractivity contribution in [1.29, 1.82) is 0 Å². The van der Waals surface area contributed by atoms with Crippen molar-refractivity contribution in [3.05, 3.63) is 70.8 Å². The molecule has 23 heavy (non-hydrogen) atoms. The van der Waals surface area contributed by atoms with Crippen LogP contribution in [0.4, 0.5) is 0 Å². The minimum absolute atomic E-state index is 0.195. The number of hydrazine groups is 2. The summed E-state index contributed by atoms with van der Waals surface area (Å²) in [5.41, 5.74) is 17.5. The van der Waals surface area contributed by atoms with E-state index in [9.17, 15) is 0 Å². The van der Waals surface area contributed by atoms with E-state index >= 15 is 0 Å². The number of hydrogen-bond acceptors (Lipinski definition) is 3. The van der Waals surface area contributed by atoms with Gasteiger partial charge in [0.15, 0.2) is 0 Å². The van der Waals surface area contributed by atoms with Crippen LogP contribution in [0.25, 0.3) is 11.4 Å². The number of benzene rings is 2. The fourth-order valence-corrected chi connectivity index (χ4v) is 3.76. The van der Waals surface area contributed by atoms with E-state index in [0.29, 0.717) is 5.92 Å². The first-order chi connectivity index (χ1) is 11.1. The topological polar surface area (TPSA) is 36.1 Å². The monoisotopic (exact) mass is 305 g/mol. The van der Waals surface area contributed by atoms with Crippen LogP contribution in [0.5, 0.6) is 0 Å². The van der Waals surface area contributed by atoms with Crippen LogP contribution >= 0.6 is 0 Å². The average Bonchev–Trinajstić information content (AvgIpc) is 2.99. The molecule has 0 radical (unpaired) electrons. The molecule has 0 fully saturated rings. The summed E-state index contributed by atoms with van der Waals surface area (Å²) in [6.45, 7) is 7.02. The SMILES string of the molecule is CC(C)(C)C1Cc2ccccc2C2=C(NNN2)c2ccccc21. The van der Waals surface area contributed by atoms with Gasteiger partial charge in [-0.1, -0.05) is 69.3 Å². The van der Waals surface area contributed by atoms with E-state index in [1.165, 1.54) is 22.3 Å². The molecule has 1 heterocycles. The Morgan fingerprint density at radius 3 is 2.17 bits per heavy atom. The summed E-state index contributed by atoms with van der Waals surface area (Å²) in [7, 11) is 0. The van der Waals surface area contributed by atoms with Gasteiger partial charge in [-0.2, -0.15) is 0 Å². The van der Waals surface area contributed by atoms with Crippen molar-refractivity contribution in [1.82, 2.24) is 16.4 Å². The van der Waals surface area contributed by atoms with Crippen molar-refractivity contribution in [2.24, 2.45) is 5.41 Å². The number of fused-ring (bicyclic) bond motifs is 4. The second kappa shape index (κ2) is 5.14. The highest BCUT2D eigenvalue weighted by atomic mass is 15.6. The molecule has 118 valence electrons. The lowest BCUT2D eigenvalue weighted by Crippen LogP contribution is -2.32. The first kappa shape index (κ1) is 14.3. The molecule has 2 aliphatic rings. The van der Waals surface area contributed by atoms with Gasteiger partial charge in [0, 0.05) is 11.1 Å². The smallest absolute Gasteiger partial charge is 0.0832 e. The third kappa shape index (κ3) is 2.32. The van der Waals surface area contributed by atoms with Crippen LogP contribution in [-0.4, -0.2) is 0 Å². The largest absolute Gasteiger partial charge is 0.301 e. The highest BCUT2D eigenvalue weighted by Gasteiger charge is 2.33. The number of rotatable bonds is 0. The van der Waals surface area contributed by atoms with Crippen LogP contribution in [-0.2, 0) is 6.42 Å². The molecule has 1 atom stereocenters. The molecule has 0 spiro atoms. The number of nitrogens with one attached hydrogen (secondary N) is 3. The van der Waals surface area contributed by atoms with Gasteiger partial charge in [-0.25, -0.2) is 0 Å². The minimum atomic E-state index is 0.195. The van der Waals surface area contributed by atoms with E-state index < -0.39 is 0 Å². The summed E-state index contributed by atoms with van der Waals surface area (Å²) in [6, 6.07) is 17.5. The van der Waals surface area contributed by atoms with Crippen molar-refractivity contribution in [2.45, 2.75) is 33.1 Å². The molecule has 0 amide bonds. The van der Waals surface area contributed by atoms with Crippen molar-refractivity contribution >= 4 is 11.4 Å². The molecule has 2 aromatic carbocycles. The highest BCUT2D eigenvalue weighted by Crippen LogP contribution is 2.44. The molecule has 3 N–H and O–H groups in total. The van der Waals surface area contributed by atoms with Gasteiger partial charge in [0.1, 0.15) is 0 Å². The lowest BCUT2D eigenvalue weighted by molar-refractivity contribution is 0.317. The van der Waals surface area contributed by atoms with Crippen LogP contribution in [0.3, 0.4) is 0 Å². The molecular formula is C20H23N3. The van der Waals surface area contributed by atoms with Crippen molar-refractivity contribution < 1.29 is 0 Å². The third-order valence-electron chi connectivity index (χ3n) is 4.99. The fourth-order valence-electron chi connectivity index (χ4n) is 3.76. The molecule has 3 heteroatoms. The van der Waals surface area contributed by atoms with Crippen LogP contribution < -0.4 is 16.4 Å². The quantitative estimate of drug-likeness (QED) is 0.692. The third-order valence-corrected chi connectivity index (χ3v) is 4.99. The van der Waals surface area contributed by atoms with Crippen molar-refractivity contribution in [3.8, 4) is 0 Å². The Morgan fingerprint density at radius 1 is 0.826 bits per heavy atom. The van der Waals surface area contributed by atoms with Crippen LogP contribution in [0.15, 0.2) is 48.5 Å². The Labute approximate surface area is 137 Å². The van der Waals surface area contributed by atoms with Gasteiger partial charge in [0.05, 0.1) is 11.4 Å². The molecular weight excluding hydrogens is 282 g/mol. The van der Waals surface area contributed by atoms with E-state index in [1.54, 1.807) is 0 Å². The maximum absolute atomic E-state index is 3.31. The van der Waals surface area contributed by atoms with E-state index in [0.717, 1.165) is 17.8 Å². The Morgan fingerprint density at radius 2 is 1.43 bits per heavy atom. The maximum atomic E-state index is 3.31. The molecule has 0 aromatic heterocycles. The second-order valence-corrected chi connectivity index (χ2v) is 7.49. The highest BCUT2D eigenvalue weighted by molar-refractivity contribution is 5.92. The van der Waals surface area contributed by atoms with Crippen LogP contribution in [0.2, 0.25) is 0 Å². The van der Waals surface area contributed by atoms with Crippen molar-refractivity contribution in [3.63, 3.8) is 0 Å². The second-order valence-electron chi connectivity index (χ2n) is 7.49. The molecule has 0 saturated carbocycles. The predicted molar refractivity (Wildman–Crippen MR) is 95.0 cm³/mol. The Balaban J connectivity index is 2.03. The first-order valence-electron chi connectivity index (χ1n) is 8.24. The zero-order valence-electron chi connectivity index (χ0n) is 13.9. The van der Waals surface area contributed by atoms with E-state index in [1.807, 2.05) is 0 Å². The van der Waals surface area contributed by atoms with Gasteiger partial charge >= 0.3 is 0 Å². The van der Waals surface area contributed by atoms with Crippen LogP contribution in [0.1, 0.15) is 48.9 Å². The summed E-state index contributed by atoms with van der Waals surface area (Å²) in [5.74, 6) is 0.469. The Hall–Kier alpha value is -2.26. The summed E-state index contributed by atoms with van der Waals surface area (Å²) in [4.78, 5) is 0. The molecule has 3 nitrogen and oxygen atoms in total. The molecule has 1 unspecified atom stereocenters. The molecule has 1 aliphatic heterocycles. The predicted octanol–water partition coefficient (Wildman–Crippen LogP) is 3.81. The molecule has 2 aromatic rings. The summed E-state index contributed by atoms with van der Waals surface area (Å²) in [6.07, 6.45) is 1.05. The van der Waals surface area contributed by atoms with Crippen LogP contribution in [0, 0.1) is 5.41 Å². The number of hydrogen-bond donors (Lipinski definition) is 3. The van der Waals surface area contributed by atoms with E-state index in [4.69, 9.17) is 0 Å². The molecule has 0 bridgehead atoms. The lowest BCUT2D eigenvalue weighted by Gasteiger charge is -2.34. The Bertz CT molecular complexity index is 783. The zero-order valence-corrected chi connectivity index (χ0v) is 13.9. The molecule has 0 saturated heterocycles. The van der Waals surface area contributed by atoms with E-state index in [2.05, 4.69) is 85.7 Å². The van der Waals surface area contributed by atoms with Gasteiger partial charge in [0.2, 0.25) is 0 Å². The van der Waals surface area contributed by atoms with Gasteiger partial charge in [-0.05, 0) is 28.9 Å². The van der Waals surface area contributed by atoms with Gasteiger partial charge < -0.3 is 10.9 Å². The average molecular weight is 305 g/mol. The normalized spacial score (nSPS) is 19.7. The standard InChI is InChI=1S/C20H23N3/c1-20(2,3)17-12-13-8-4-5-9-14(13)18-19(22-23-21-18)16-11-7-6-10-15(16)17/h4-11,17,21-23H,12H2,1-3H3. The Kier molecular flexibility index (Phi) is 3.20. The summed E-state index contributed by atoms with van der Waals surface area (Å²) >= 11 is 0. The van der Waals surface area contributed by atoms with Gasteiger partial charge in [0.25, 0.3) is 0 Å². The lowest BCUT2D eigenvalue weighted by atomic mass is 9.70. The summed E-state index contributed by atoms with van der Waals surface area (Å²) < 4.78 is 0. The van der Waals surface area contributed by atoms with Gasteiger partial charge in [-0.3, -0.25) is 0 Å². The summed E-state index contributed by atoms with van der Waals surface area (Å²) in [5, 5.41) is 0. The fraction of sp³-hybridized carbons (Fsp3) is 0.300. The van der Waals surface area contributed by atoms with Crippen molar-refractivity contribution in [2.75, 3.05) is 0 Å². The molecule has 1 aliphatic carbocycles. The first-order valence-corrected chi connectivity index (χ1v) is 8.24. The van der Waals surface area contributed by atoms with Gasteiger partial charge in [-0.15, -0.1) is 5.53 Å². The molecule has 4 rings (SSSR count). The minimum Gasteiger partial charge on any atom is -0.301 e. The maximum Gasteiger partial charge on any atom is 0.0832 e. The zero-order chi connectivity index (χ0) is 16.0. The van der Waals surface area contributed by atoms with E-state index in [-0.39, 0.29) is 5.41 Å².